The van der Waals surface area contributed by atoms with Crippen LogP contribution in [-0.2, 0) is 11.3 Å². The highest BCUT2D eigenvalue weighted by atomic mass is 19.1. The summed E-state index contributed by atoms with van der Waals surface area (Å²) >= 11 is 0. The van der Waals surface area contributed by atoms with Crippen LogP contribution in [0.15, 0.2) is 48.5 Å². The number of anilines is 1. The van der Waals surface area contributed by atoms with E-state index in [0.717, 1.165) is 83.0 Å². The number of benzene rings is 2. The summed E-state index contributed by atoms with van der Waals surface area (Å²) in [6.07, 6.45) is 10.1. The lowest BCUT2D eigenvalue weighted by Gasteiger charge is -2.49. The predicted molar refractivity (Wildman–Crippen MR) is 170 cm³/mol. The van der Waals surface area contributed by atoms with Crippen molar-refractivity contribution in [3.05, 3.63) is 59.9 Å². The predicted octanol–water partition coefficient (Wildman–Crippen LogP) is 9.34. The molecule has 6 atom stereocenters. The number of carbonyl (C=O) groups is 1. The van der Waals surface area contributed by atoms with Gasteiger partial charge in [-0.1, -0.05) is 44.4 Å². The lowest BCUT2D eigenvalue weighted by atomic mass is 9.62. The second-order valence-corrected chi connectivity index (χ2v) is 14.4. The summed E-state index contributed by atoms with van der Waals surface area (Å²) in [4.78, 5) is 15.7. The molecule has 2 aromatic carbocycles. The van der Waals surface area contributed by atoms with E-state index in [-0.39, 0.29) is 34.6 Å². The molecule has 3 fully saturated rings. The molecule has 0 spiro atoms. The highest BCUT2D eigenvalue weighted by molar-refractivity contribution is 5.91. The third kappa shape index (κ3) is 7.79. The molecule has 3 aliphatic rings. The lowest BCUT2D eigenvalue weighted by molar-refractivity contribution is -0.117. The molecule has 1 saturated heterocycles. The number of rotatable bonds is 12. The van der Waals surface area contributed by atoms with Crippen molar-refractivity contribution in [3.8, 4) is 5.75 Å². The molecule has 0 bridgehead atoms. The van der Waals surface area contributed by atoms with E-state index in [0.29, 0.717) is 24.1 Å². The third-order valence-corrected chi connectivity index (χ3v) is 11.0. The molecule has 2 saturated carbocycles. The fraction of sp³-hybridized carbons (Fsp3) is 0.649. The molecule has 2 unspecified atom stereocenters. The first-order valence-electron chi connectivity index (χ1n) is 16.8. The maximum Gasteiger partial charge on any atom is 0.224 e. The van der Waals surface area contributed by atoms with Crippen LogP contribution in [0, 0.1) is 28.5 Å². The first-order valence-corrected chi connectivity index (χ1v) is 16.8. The minimum Gasteiger partial charge on any atom is -0.491 e. The molecule has 4 nitrogen and oxygen atoms in total. The Bertz CT molecular complexity index is 1240. The smallest absolute Gasteiger partial charge is 0.224 e. The fourth-order valence-corrected chi connectivity index (χ4v) is 8.57. The normalized spacial score (nSPS) is 31.1. The molecule has 0 radical (unpaired) electrons. The molecule has 1 amide bonds. The monoisotopic (exact) mass is 594 g/mol. The molecule has 5 rings (SSSR count). The number of amides is 1. The van der Waals surface area contributed by atoms with Crippen molar-refractivity contribution >= 4 is 11.6 Å². The minimum absolute atomic E-state index is 0.0360. The molecule has 2 aliphatic carbocycles. The number of piperidine rings is 1. The van der Waals surface area contributed by atoms with Crippen LogP contribution in [0.25, 0.3) is 0 Å². The van der Waals surface area contributed by atoms with Gasteiger partial charge in [0.1, 0.15) is 17.7 Å². The van der Waals surface area contributed by atoms with Gasteiger partial charge >= 0.3 is 0 Å². The van der Waals surface area contributed by atoms with Crippen molar-refractivity contribution in [2.24, 2.45) is 22.7 Å². The first-order chi connectivity index (χ1) is 20.6. The van der Waals surface area contributed by atoms with Crippen LogP contribution in [0.1, 0.15) is 104 Å². The number of hydrogen-bond acceptors (Lipinski definition) is 3. The summed E-state index contributed by atoms with van der Waals surface area (Å²) in [5.41, 5.74) is 2.00. The number of alkyl halides is 1. The number of likely N-dealkylation sites (tertiary alicyclic amines) is 1. The standard InChI is InChI=1S/C37H52F2N2O2/c1-26(2)43-33-15-7-10-28(20-33)25-41-19-18-36(4,23-27(41)3)37(17-9-12-29-11-5-6-16-34(29)39)24-30(37)21-35(42)40-32-14-8-13-31(38)22-32/h7-8,10,13-15,20,22,26-27,29-30,34H,5-6,9,11-12,16-19,21,23-25H2,1-4H3,(H,40,42)/t27-,29-,30?,34+,36-,37?/m0/s1. The van der Waals surface area contributed by atoms with E-state index in [4.69, 9.17) is 4.74 Å². The summed E-state index contributed by atoms with van der Waals surface area (Å²) in [7, 11) is 0. The van der Waals surface area contributed by atoms with Gasteiger partial charge < -0.3 is 10.1 Å². The van der Waals surface area contributed by atoms with Gasteiger partial charge in [-0.3, -0.25) is 9.69 Å². The molecule has 2 aromatic rings. The second-order valence-electron chi connectivity index (χ2n) is 14.4. The Morgan fingerprint density at radius 1 is 1.12 bits per heavy atom. The molecule has 0 aromatic heterocycles. The van der Waals surface area contributed by atoms with Gasteiger partial charge in [-0.15, -0.1) is 0 Å². The van der Waals surface area contributed by atoms with Crippen molar-refractivity contribution < 1.29 is 18.3 Å². The number of hydrogen-bond donors (Lipinski definition) is 1. The second kappa shape index (κ2) is 13.7. The largest absolute Gasteiger partial charge is 0.491 e. The highest BCUT2D eigenvalue weighted by Crippen LogP contribution is 2.70. The van der Waals surface area contributed by atoms with Crippen molar-refractivity contribution in [3.63, 3.8) is 0 Å². The molecular weight excluding hydrogens is 542 g/mol. The van der Waals surface area contributed by atoms with Crippen molar-refractivity contribution in [1.29, 1.82) is 0 Å². The van der Waals surface area contributed by atoms with Crippen LogP contribution in [0.5, 0.6) is 5.75 Å². The minimum atomic E-state index is -0.653. The molecule has 43 heavy (non-hydrogen) atoms. The van der Waals surface area contributed by atoms with E-state index in [1.807, 2.05) is 6.07 Å². The first kappa shape index (κ1) is 31.9. The van der Waals surface area contributed by atoms with Gasteiger partial charge in [0.15, 0.2) is 0 Å². The summed E-state index contributed by atoms with van der Waals surface area (Å²) in [5.74, 6) is 1.04. The lowest BCUT2D eigenvalue weighted by Crippen LogP contribution is -2.48. The fourth-order valence-electron chi connectivity index (χ4n) is 8.57. The third-order valence-electron chi connectivity index (χ3n) is 11.0. The molecule has 1 N–H and O–H groups in total. The van der Waals surface area contributed by atoms with Gasteiger partial charge in [0.2, 0.25) is 5.91 Å². The van der Waals surface area contributed by atoms with E-state index < -0.39 is 6.17 Å². The summed E-state index contributed by atoms with van der Waals surface area (Å²) in [5, 5.41) is 2.93. The van der Waals surface area contributed by atoms with Crippen molar-refractivity contribution in [2.75, 3.05) is 11.9 Å². The molecule has 1 heterocycles. The maximum absolute atomic E-state index is 14.7. The topological polar surface area (TPSA) is 41.6 Å². The highest BCUT2D eigenvalue weighted by Gasteiger charge is 2.64. The molecule has 6 heteroatoms. The summed E-state index contributed by atoms with van der Waals surface area (Å²) < 4.78 is 34.3. The zero-order chi connectivity index (χ0) is 30.6. The van der Waals surface area contributed by atoms with Crippen LogP contribution < -0.4 is 10.1 Å². The van der Waals surface area contributed by atoms with E-state index in [1.165, 1.54) is 17.7 Å². The van der Waals surface area contributed by atoms with Crippen molar-refractivity contribution in [2.45, 2.75) is 123 Å². The number of halogens is 2. The number of carbonyl (C=O) groups excluding carboxylic acids is 1. The summed E-state index contributed by atoms with van der Waals surface area (Å²) in [6, 6.07) is 15.0. The van der Waals surface area contributed by atoms with E-state index in [9.17, 15) is 13.6 Å². The van der Waals surface area contributed by atoms with Gasteiger partial charge in [-0.05, 0) is 131 Å². The van der Waals surface area contributed by atoms with Crippen LogP contribution in [0.2, 0.25) is 0 Å². The maximum atomic E-state index is 14.7. The van der Waals surface area contributed by atoms with Crippen LogP contribution in [-0.4, -0.2) is 35.7 Å². The Balaban J connectivity index is 1.25. The molecule has 236 valence electrons. The molecule has 1 aliphatic heterocycles. The number of nitrogens with zero attached hydrogens (tertiary/aromatic N) is 1. The van der Waals surface area contributed by atoms with Gasteiger partial charge in [0, 0.05) is 24.7 Å². The Labute approximate surface area is 258 Å². The quantitative estimate of drug-likeness (QED) is 0.266. The van der Waals surface area contributed by atoms with Crippen LogP contribution in [0.3, 0.4) is 0 Å². The van der Waals surface area contributed by atoms with Gasteiger partial charge in [0.25, 0.3) is 0 Å². The Hall–Kier alpha value is -2.47. The zero-order valence-electron chi connectivity index (χ0n) is 26.7. The average molecular weight is 595 g/mol. The molecular formula is C37H52F2N2O2. The van der Waals surface area contributed by atoms with Crippen LogP contribution in [0.4, 0.5) is 14.5 Å². The van der Waals surface area contributed by atoms with Gasteiger partial charge in [-0.25, -0.2) is 8.78 Å². The number of nitrogens with one attached hydrogen (secondary N) is 1. The SMILES string of the molecule is CC(C)Oc1cccc(CN2CC[C@](C)(C3(CCC[C@@H]4CCCC[C@H]4F)CC3CC(=O)Nc3cccc(F)c3)C[C@@H]2C)c1. The van der Waals surface area contributed by atoms with E-state index >= 15 is 0 Å². The zero-order valence-corrected chi connectivity index (χ0v) is 26.7. The Morgan fingerprint density at radius 2 is 1.91 bits per heavy atom. The number of ether oxygens (including phenoxy) is 1. The Morgan fingerprint density at radius 3 is 2.65 bits per heavy atom. The van der Waals surface area contributed by atoms with Crippen molar-refractivity contribution in [1.82, 2.24) is 4.90 Å². The van der Waals surface area contributed by atoms with Crippen LogP contribution >= 0.6 is 0 Å². The Kier molecular flexibility index (Phi) is 10.2. The average Bonchev–Trinajstić information content (AvgIpc) is 3.65. The van der Waals surface area contributed by atoms with Gasteiger partial charge in [0.05, 0.1) is 6.10 Å². The summed E-state index contributed by atoms with van der Waals surface area (Å²) in [6.45, 7) is 10.8. The van der Waals surface area contributed by atoms with E-state index in [2.05, 4.69) is 56.1 Å². The van der Waals surface area contributed by atoms with E-state index in [1.54, 1.807) is 12.1 Å². The van der Waals surface area contributed by atoms with Gasteiger partial charge in [-0.2, -0.15) is 0 Å².